The molecule has 0 bridgehead atoms. The summed E-state index contributed by atoms with van der Waals surface area (Å²) < 4.78 is 6.67. The molecule has 0 saturated carbocycles. The van der Waals surface area contributed by atoms with Gasteiger partial charge < -0.3 is 14.9 Å². The van der Waals surface area contributed by atoms with Gasteiger partial charge in [0, 0.05) is 5.56 Å². The van der Waals surface area contributed by atoms with E-state index in [4.69, 9.17) is 9.84 Å². The van der Waals surface area contributed by atoms with E-state index in [0.29, 0.717) is 17.0 Å². The average Bonchev–Trinajstić information content (AvgIpc) is 2.86. The van der Waals surface area contributed by atoms with Gasteiger partial charge in [0.2, 0.25) is 0 Å². The van der Waals surface area contributed by atoms with Crippen molar-refractivity contribution < 1.29 is 14.9 Å². The van der Waals surface area contributed by atoms with Crippen molar-refractivity contribution in [1.29, 1.82) is 0 Å². The van der Waals surface area contributed by atoms with E-state index in [-0.39, 0.29) is 13.2 Å². The second-order valence-electron chi connectivity index (χ2n) is 3.85. The van der Waals surface area contributed by atoms with Gasteiger partial charge >= 0.3 is 0 Å². The Hall–Kier alpha value is -1.92. The number of hydrogen-bond donors (Lipinski definition) is 2. The minimum atomic E-state index is -0.741. The van der Waals surface area contributed by atoms with Crippen LogP contribution in [0.2, 0.25) is 0 Å². The highest BCUT2D eigenvalue weighted by molar-refractivity contribution is 5.34. The fourth-order valence-electron chi connectivity index (χ4n) is 1.72. The van der Waals surface area contributed by atoms with Crippen LogP contribution in [-0.2, 0) is 13.2 Å². The van der Waals surface area contributed by atoms with Crippen LogP contribution in [0.1, 0.15) is 17.4 Å². The third-order valence-electron chi connectivity index (χ3n) is 2.61. The van der Waals surface area contributed by atoms with Crippen molar-refractivity contribution >= 4 is 0 Å². The first kappa shape index (κ1) is 12.5. The van der Waals surface area contributed by atoms with Gasteiger partial charge in [0.1, 0.15) is 17.5 Å². The molecule has 2 N–H and O–H groups in total. The molecule has 6 nitrogen and oxygen atoms in total. The Morgan fingerprint density at radius 1 is 1.39 bits per heavy atom. The molecule has 0 aliphatic rings. The van der Waals surface area contributed by atoms with E-state index >= 15 is 0 Å². The van der Waals surface area contributed by atoms with Crippen molar-refractivity contribution in [2.75, 3.05) is 7.11 Å². The Morgan fingerprint density at radius 3 is 2.83 bits per heavy atom. The van der Waals surface area contributed by atoms with Gasteiger partial charge in [-0.2, -0.15) is 0 Å². The lowest BCUT2D eigenvalue weighted by Crippen LogP contribution is -2.10. The number of nitrogens with zero attached hydrogens (tertiary/aromatic N) is 3. The first-order valence-corrected chi connectivity index (χ1v) is 5.55. The van der Waals surface area contributed by atoms with E-state index in [9.17, 15) is 5.11 Å². The summed E-state index contributed by atoms with van der Waals surface area (Å²) in [6.07, 6.45) is 0.855. The highest BCUT2D eigenvalue weighted by Crippen LogP contribution is 2.25. The molecule has 0 fully saturated rings. The first-order chi connectivity index (χ1) is 8.74. The number of rotatable bonds is 5. The first-order valence-electron chi connectivity index (χ1n) is 5.55. The van der Waals surface area contributed by atoms with Gasteiger partial charge in [-0.1, -0.05) is 23.4 Å². The van der Waals surface area contributed by atoms with Crippen LogP contribution in [0.5, 0.6) is 5.75 Å². The van der Waals surface area contributed by atoms with E-state index in [1.165, 1.54) is 4.68 Å². The third kappa shape index (κ3) is 2.66. The molecule has 0 spiro atoms. The summed E-state index contributed by atoms with van der Waals surface area (Å²) in [4.78, 5) is 0. The Balaban J connectivity index is 2.13. The Morgan fingerprint density at radius 2 is 2.17 bits per heavy atom. The summed E-state index contributed by atoms with van der Waals surface area (Å²) in [5, 5.41) is 26.6. The molecule has 1 aromatic carbocycles. The normalized spacial score (nSPS) is 12.4. The van der Waals surface area contributed by atoms with E-state index in [1.807, 2.05) is 12.1 Å². The molecule has 1 aromatic heterocycles. The molecule has 18 heavy (non-hydrogen) atoms. The number of aliphatic hydroxyl groups is 2. The maximum atomic E-state index is 10.1. The second kappa shape index (κ2) is 5.61. The van der Waals surface area contributed by atoms with Crippen molar-refractivity contribution in [3.05, 3.63) is 41.7 Å². The molecule has 2 rings (SSSR count). The number of para-hydroxylation sites is 1. The smallest absolute Gasteiger partial charge is 0.124 e. The van der Waals surface area contributed by atoms with E-state index in [0.717, 1.165) is 0 Å². The van der Waals surface area contributed by atoms with Crippen molar-refractivity contribution in [3.63, 3.8) is 0 Å². The Bertz CT molecular complexity index is 513. The molecule has 2 aromatic rings. The lowest BCUT2D eigenvalue weighted by molar-refractivity contribution is 0.147. The zero-order chi connectivity index (χ0) is 13.0. The van der Waals surface area contributed by atoms with Crippen LogP contribution in [0.25, 0.3) is 0 Å². The molecule has 0 radical (unpaired) electrons. The second-order valence-corrected chi connectivity index (χ2v) is 3.85. The zero-order valence-corrected chi connectivity index (χ0v) is 10.0. The number of methoxy groups -OCH3 is 1. The predicted molar refractivity (Wildman–Crippen MR) is 63.9 cm³/mol. The fraction of sp³-hybridized carbons (Fsp3) is 0.333. The summed E-state index contributed by atoms with van der Waals surface area (Å²) >= 11 is 0. The molecule has 0 aliphatic carbocycles. The summed E-state index contributed by atoms with van der Waals surface area (Å²) in [6.45, 7) is 0.0954. The predicted octanol–water partition coefficient (Wildman–Crippen LogP) is 0.513. The lowest BCUT2D eigenvalue weighted by Gasteiger charge is -2.14. The number of hydrogen-bond acceptors (Lipinski definition) is 5. The topological polar surface area (TPSA) is 80.4 Å². The molecule has 0 saturated heterocycles. The maximum Gasteiger partial charge on any atom is 0.124 e. The zero-order valence-electron chi connectivity index (χ0n) is 10.0. The molecule has 0 aliphatic heterocycles. The molecule has 1 unspecified atom stereocenters. The van der Waals surface area contributed by atoms with Crippen molar-refractivity contribution in [1.82, 2.24) is 15.0 Å². The van der Waals surface area contributed by atoms with Gasteiger partial charge in [-0.25, -0.2) is 4.68 Å². The van der Waals surface area contributed by atoms with Crippen LogP contribution in [0.15, 0.2) is 30.5 Å². The lowest BCUT2D eigenvalue weighted by atomic mass is 10.1. The molecule has 6 heteroatoms. The number of ether oxygens (including phenoxy) is 1. The number of aromatic nitrogens is 3. The summed E-state index contributed by atoms with van der Waals surface area (Å²) in [5.41, 5.74) is 1.17. The van der Waals surface area contributed by atoms with Crippen molar-refractivity contribution in [2.45, 2.75) is 19.3 Å². The van der Waals surface area contributed by atoms with E-state index in [1.54, 1.807) is 25.4 Å². The van der Waals surface area contributed by atoms with Crippen LogP contribution in [0.3, 0.4) is 0 Å². The molecule has 0 amide bonds. The monoisotopic (exact) mass is 249 g/mol. The minimum Gasteiger partial charge on any atom is -0.496 e. The average molecular weight is 249 g/mol. The van der Waals surface area contributed by atoms with E-state index < -0.39 is 6.10 Å². The highest BCUT2D eigenvalue weighted by Gasteiger charge is 2.14. The van der Waals surface area contributed by atoms with E-state index in [2.05, 4.69) is 10.3 Å². The summed E-state index contributed by atoms with van der Waals surface area (Å²) in [7, 11) is 1.56. The van der Waals surface area contributed by atoms with Crippen molar-refractivity contribution in [3.8, 4) is 5.75 Å². The third-order valence-corrected chi connectivity index (χ3v) is 2.61. The van der Waals surface area contributed by atoms with Crippen LogP contribution >= 0.6 is 0 Å². The molecule has 1 heterocycles. The molecular formula is C12H15N3O3. The molecule has 96 valence electrons. The minimum absolute atomic E-state index is 0.162. The van der Waals surface area contributed by atoms with Crippen LogP contribution in [-0.4, -0.2) is 32.3 Å². The van der Waals surface area contributed by atoms with Gasteiger partial charge in [-0.05, 0) is 6.07 Å². The standard InChI is InChI=1S/C12H15N3O3/c1-18-12-5-3-2-4-10(12)11(17)7-15-6-9(8-16)13-14-15/h2-6,11,16-17H,7-8H2,1H3. The maximum absolute atomic E-state index is 10.1. The number of aliphatic hydroxyl groups excluding tert-OH is 2. The summed E-state index contributed by atoms with van der Waals surface area (Å²) in [5.74, 6) is 0.632. The molecule has 1 atom stereocenters. The quantitative estimate of drug-likeness (QED) is 0.807. The van der Waals surface area contributed by atoms with Crippen LogP contribution in [0.4, 0.5) is 0 Å². The Labute approximate surface area is 104 Å². The number of benzene rings is 1. The van der Waals surface area contributed by atoms with Gasteiger partial charge in [0.05, 0.1) is 26.5 Å². The van der Waals surface area contributed by atoms with Gasteiger partial charge in [-0.3, -0.25) is 0 Å². The molecular weight excluding hydrogens is 234 g/mol. The SMILES string of the molecule is COc1ccccc1C(O)Cn1cc(CO)nn1. The van der Waals surface area contributed by atoms with Crippen LogP contribution < -0.4 is 4.74 Å². The largest absolute Gasteiger partial charge is 0.496 e. The highest BCUT2D eigenvalue weighted by atomic mass is 16.5. The fourth-order valence-corrected chi connectivity index (χ4v) is 1.72. The summed E-state index contributed by atoms with van der Waals surface area (Å²) in [6, 6.07) is 7.27. The van der Waals surface area contributed by atoms with Crippen molar-refractivity contribution in [2.24, 2.45) is 0 Å². The van der Waals surface area contributed by atoms with Gasteiger partial charge in [0.15, 0.2) is 0 Å². The Kier molecular flexibility index (Phi) is 3.91. The van der Waals surface area contributed by atoms with Crippen LogP contribution in [0, 0.1) is 0 Å². The van der Waals surface area contributed by atoms with Gasteiger partial charge in [0.25, 0.3) is 0 Å². The van der Waals surface area contributed by atoms with Gasteiger partial charge in [-0.15, -0.1) is 5.10 Å².